The Labute approximate surface area is 117 Å². The van der Waals surface area contributed by atoms with E-state index < -0.39 is 0 Å². The van der Waals surface area contributed by atoms with Crippen molar-refractivity contribution in [1.82, 2.24) is 24.3 Å². The van der Waals surface area contributed by atoms with Gasteiger partial charge in [-0.2, -0.15) is 0 Å². The largest absolute Gasteiger partial charge is 0.358 e. The maximum absolute atomic E-state index is 12.2. The molecule has 0 atom stereocenters. The van der Waals surface area contributed by atoms with Crippen molar-refractivity contribution in [3.63, 3.8) is 0 Å². The zero-order valence-electron chi connectivity index (χ0n) is 12.1. The van der Waals surface area contributed by atoms with Crippen LogP contribution in [0.15, 0.2) is 23.5 Å². The number of anilines is 1. The highest BCUT2D eigenvalue weighted by Gasteiger charge is 2.08. The van der Waals surface area contributed by atoms with Gasteiger partial charge in [0.15, 0.2) is 11.6 Å². The average molecular weight is 276 g/mol. The predicted molar refractivity (Wildman–Crippen MR) is 76.4 cm³/mol. The normalized spacial score (nSPS) is 11.0. The fourth-order valence-electron chi connectivity index (χ4n) is 1.95. The van der Waals surface area contributed by atoms with Gasteiger partial charge < -0.3 is 14.5 Å². The molecule has 2 heterocycles. The number of aryl methyl sites for hydroxylation is 1. The molecule has 0 aliphatic carbocycles. The molecular formula is C13H20N6O. The Bertz CT molecular complexity index is 615. The molecule has 0 saturated heterocycles. The van der Waals surface area contributed by atoms with Crippen LogP contribution in [0, 0.1) is 5.92 Å². The summed E-state index contributed by atoms with van der Waals surface area (Å²) in [6.07, 6.45) is 5.02. The van der Waals surface area contributed by atoms with Gasteiger partial charge in [-0.25, -0.2) is 4.98 Å². The first-order valence-electron chi connectivity index (χ1n) is 6.77. The third-order valence-corrected chi connectivity index (χ3v) is 2.93. The van der Waals surface area contributed by atoms with Gasteiger partial charge in [0.2, 0.25) is 0 Å². The summed E-state index contributed by atoms with van der Waals surface area (Å²) < 4.78 is 3.59. The summed E-state index contributed by atoms with van der Waals surface area (Å²) in [5.41, 5.74) is -0.108. The van der Waals surface area contributed by atoms with E-state index in [-0.39, 0.29) is 5.56 Å². The standard InChI is InChI=1S/C13H20N6O/c1-4-18-9-16-17-11(18)7-15-12-13(20)19(6-5-14-12)8-10(2)3/h5-6,9-10H,4,7-8H2,1-3H3,(H,14,15). The molecule has 7 nitrogen and oxygen atoms in total. The molecule has 0 unspecified atom stereocenters. The van der Waals surface area contributed by atoms with Crippen LogP contribution in [0.4, 0.5) is 5.82 Å². The van der Waals surface area contributed by atoms with Crippen LogP contribution in [0.2, 0.25) is 0 Å². The molecule has 2 rings (SSSR count). The third kappa shape index (κ3) is 3.23. The highest BCUT2D eigenvalue weighted by Crippen LogP contribution is 2.01. The van der Waals surface area contributed by atoms with Gasteiger partial charge in [-0.3, -0.25) is 4.79 Å². The van der Waals surface area contributed by atoms with Crippen LogP contribution in [0.25, 0.3) is 0 Å². The summed E-state index contributed by atoms with van der Waals surface area (Å²) in [6, 6.07) is 0. The number of hydrogen-bond donors (Lipinski definition) is 1. The van der Waals surface area contributed by atoms with Gasteiger partial charge in [-0.15, -0.1) is 10.2 Å². The highest BCUT2D eigenvalue weighted by molar-refractivity contribution is 5.30. The molecule has 0 radical (unpaired) electrons. The van der Waals surface area contributed by atoms with Gasteiger partial charge in [0, 0.05) is 25.5 Å². The summed E-state index contributed by atoms with van der Waals surface area (Å²) in [5.74, 6) is 1.54. The van der Waals surface area contributed by atoms with Crippen LogP contribution >= 0.6 is 0 Å². The van der Waals surface area contributed by atoms with E-state index >= 15 is 0 Å². The third-order valence-electron chi connectivity index (χ3n) is 2.93. The summed E-state index contributed by atoms with van der Waals surface area (Å²) in [7, 11) is 0. The summed E-state index contributed by atoms with van der Waals surface area (Å²) in [6.45, 7) is 8.07. The Morgan fingerprint density at radius 2 is 2.15 bits per heavy atom. The Kier molecular flexibility index (Phi) is 4.49. The molecule has 0 fully saturated rings. The summed E-state index contributed by atoms with van der Waals surface area (Å²) in [5, 5.41) is 10.9. The highest BCUT2D eigenvalue weighted by atomic mass is 16.1. The first-order chi connectivity index (χ1) is 9.61. The lowest BCUT2D eigenvalue weighted by molar-refractivity contribution is 0.509. The topological polar surface area (TPSA) is 77.6 Å². The minimum atomic E-state index is -0.108. The minimum absolute atomic E-state index is 0.108. The molecule has 108 valence electrons. The molecule has 2 aromatic heterocycles. The van der Waals surface area contributed by atoms with Gasteiger partial charge in [0.1, 0.15) is 6.33 Å². The Balaban J connectivity index is 2.12. The smallest absolute Gasteiger partial charge is 0.293 e. The lowest BCUT2D eigenvalue weighted by atomic mass is 10.2. The molecule has 0 aromatic carbocycles. The zero-order chi connectivity index (χ0) is 14.5. The van der Waals surface area contributed by atoms with Crippen LogP contribution in [-0.2, 0) is 19.6 Å². The first kappa shape index (κ1) is 14.2. The van der Waals surface area contributed by atoms with E-state index in [9.17, 15) is 4.79 Å². The van der Waals surface area contributed by atoms with E-state index in [4.69, 9.17) is 0 Å². The number of hydrogen-bond acceptors (Lipinski definition) is 5. The van der Waals surface area contributed by atoms with Crippen LogP contribution in [0.3, 0.4) is 0 Å². The van der Waals surface area contributed by atoms with Crippen molar-refractivity contribution in [2.75, 3.05) is 5.32 Å². The van der Waals surface area contributed by atoms with Crippen molar-refractivity contribution in [3.8, 4) is 0 Å². The zero-order valence-corrected chi connectivity index (χ0v) is 12.1. The van der Waals surface area contributed by atoms with Crippen LogP contribution < -0.4 is 10.9 Å². The van der Waals surface area contributed by atoms with Crippen molar-refractivity contribution >= 4 is 5.82 Å². The fourth-order valence-corrected chi connectivity index (χ4v) is 1.95. The average Bonchev–Trinajstić information content (AvgIpc) is 2.86. The van der Waals surface area contributed by atoms with Crippen molar-refractivity contribution in [1.29, 1.82) is 0 Å². The number of nitrogens with one attached hydrogen (secondary N) is 1. The molecule has 0 bridgehead atoms. The minimum Gasteiger partial charge on any atom is -0.358 e. The molecule has 0 spiro atoms. The second-order valence-electron chi connectivity index (χ2n) is 5.01. The van der Waals surface area contributed by atoms with Crippen LogP contribution in [0.1, 0.15) is 26.6 Å². The molecule has 0 saturated carbocycles. The molecule has 1 N–H and O–H groups in total. The first-order valence-corrected chi connectivity index (χ1v) is 6.77. The van der Waals surface area contributed by atoms with E-state index in [0.29, 0.717) is 24.8 Å². The predicted octanol–water partition coefficient (Wildman–Crippen LogP) is 1.12. The number of rotatable bonds is 6. The maximum atomic E-state index is 12.2. The Hall–Kier alpha value is -2.18. The van der Waals surface area contributed by atoms with E-state index in [1.807, 2.05) is 11.5 Å². The van der Waals surface area contributed by atoms with Crippen molar-refractivity contribution in [2.24, 2.45) is 5.92 Å². The summed E-state index contributed by atoms with van der Waals surface area (Å²) >= 11 is 0. The summed E-state index contributed by atoms with van der Waals surface area (Å²) in [4.78, 5) is 16.3. The lowest BCUT2D eigenvalue weighted by Crippen LogP contribution is -2.26. The Morgan fingerprint density at radius 1 is 1.35 bits per heavy atom. The monoisotopic (exact) mass is 276 g/mol. The van der Waals surface area contributed by atoms with E-state index in [0.717, 1.165) is 12.4 Å². The SMILES string of the molecule is CCn1cnnc1CNc1nccn(CC(C)C)c1=O. The van der Waals surface area contributed by atoms with Gasteiger partial charge in [0.05, 0.1) is 6.54 Å². The molecule has 0 aliphatic rings. The fraction of sp³-hybridized carbons (Fsp3) is 0.538. The molecule has 7 heteroatoms. The van der Waals surface area contributed by atoms with Crippen LogP contribution in [-0.4, -0.2) is 24.3 Å². The van der Waals surface area contributed by atoms with E-state index in [1.54, 1.807) is 23.3 Å². The van der Waals surface area contributed by atoms with E-state index in [2.05, 4.69) is 34.3 Å². The molecular weight excluding hydrogens is 256 g/mol. The molecule has 0 amide bonds. The molecule has 2 aromatic rings. The van der Waals surface area contributed by atoms with Crippen molar-refractivity contribution in [3.05, 3.63) is 34.9 Å². The lowest BCUT2D eigenvalue weighted by Gasteiger charge is -2.10. The maximum Gasteiger partial charge on any atom is 0.293 e. The second-order valence-corrected chi connectivity index (χ2v) is 5.01. The van der Waals surface area contributed by atoms with Gasteiger partial charge in [-0.05, 0) is 12.8 Å². The number of aromatic nitrogens is 5. The molecule has 0 aliphatic heterocycles. The number of nitrogens with zero attached hydrogens (tertiary/aromatic N) is 5. The second kappa shape index (κ2) is 6.31. The van der Waals surface area contributed by atoms with Gasteiger partial charge in [0.25, 0.3) is 5.56 Å². The van der Waals surface area contributed by atoms with Crippen molar-refractivity contribution in [2.45, 2.75) is 40.4 Å². The van der Waals surface area contributed by atoms with Gasteiger partial charge >= 0.3 is 0 Å². The van der Waals surface area contributed by atoms with Gasteiger partial charge in [-0.1, -0.05) is 13.8 Å². The quantitative estimate of drug-likeness (QED) is 0.855. The van der Waals surface area contributed by atoms with E-state index in [1.165, 1.54) is 0 Å². The van der Waals surface area contributed by atoms with Crippen molar-refractivity contribution < 1.29 is 0 Å². The van der Waals surface area contributed by atoms with Crippen LogP contribution in [0.5, 0.6) is 0 Å². The molecule has 20 heavy (non-hydrogen) atoms. The Morgan fingerprint density at radius 3 is 2.85 bits per heavy atom.